The van der Waals surface area contributed by atoms with Gasteiger partial charge in [0, 0.05) is 25.2 Å². The zero-order valence-electron chi connectivity index (χ0n) is 9.73. The molecule has 3 nitrogen and oxygen atoms in total. The van der Waals surface area contributed by atoms with Crippen molar-refractivity contribution in [2.75, 3.05) is 13.1 Å². The lowest BCUT2D eigenvalue weighted by Gasteiger charge is -2.40. The van der Waals surface area contributed by atoms with Crippen LogP contribution in [0.4, 0.5) is 0 Å². The van der Waals surface area contributed by atoms with Gasteiger partial charge in [-0.25, -0.2) is 0 Å². The van der Waals surface area contributed by atoms with Gasteiger partial charge in [0.2, 0.25) is 0 Å². The molecule has 88 valence electrons. The van der Waals surface area contributed by atoms with Crippen molar-refractivity contribution >= 4 is 0 Å². The Morgan fingerprint density at radius 2 is 2.13 bits per heavy atom. The quantitative estimate of drug-likeness (QED) is 0.717. The van der Waals surface area contributed by atoms with Gasteiger partial charge in [0.1, 0.15) is 0 Å². The van der Waals surface area contributed by atoms with Gasteiger partial charge in [-0.05, 0) is 31.6 Å². The molecule has 1 heterocycles. The van der Waals surface area contributed by atoms with Crippen molar-refractivity contribution in [2.45, 2.75) is 57.2 Å². The Morgan fingerprint density at radius 1 is 1.33 bits per heavy atom. The third kappa shape index (κ3) is 2.35. The van der Waals surface area contributed by atoms with Gasteiger partial charge in [0.15, 0.2) is 0 Å². The minimum Gasteiger partial charge on any atom is -0.391 e. The molecule has 1 aliphatic heterocycles. The smallest absolute Gasteiger partial charge is 0.0695 e. The highest BCUT2D eigenvalue weighted by molar-refractivity contribution is 4.91. The van der Waals surface area contributed by atoms with Crippen LogP contribution in [-0.4, -0.2) is 41.3 Å². The highest BCUT2D eigenvalue weighted by Crippen LogP contribution is 2.28. The minimum atomic E-state index is -0.0863. The number of hydrogen-bond acceptors (Lipinski definition) is 3. The summed E-state index contributed by atoms with van der Waals surface area (Å²) in [5.74, 6) is 0.631. The largest absolute Gasteiger partial charge is 0.391 e. The predicted molar refractivity (Wildman–Crippen MR) is 61.6 cm³/mol. The average Bonchev–Trinajstić information content (AvgIpc) is 2.65. The molecule has 1 saturated heterocycles. The number of aliphatic hydroxyl groups is 1. The van der Waals surface area contributed by atoms with Crippen LogP contribution in [0.2, 0.25) is 0 Å². The van der Waals surface area contributed by atoms with Crippen LogP contribution < -0.4 is 5.73 Å². The van der Waals surface area contributed by atoms with Crippen molar-refractivity contribution in [1.29, 1.82) is 0 Å². The lowest BCUT2D eigenvalue weighted by atomic mass is 9.89. The van der Waals surface area contributed by atoms with Crippen molar-refractivity contribution in [1.82, 2.24) is 4.90 Å². The van der Waals surface area contributed by atoms with Gasteiger partial charge in [-0.15, -0.1) is 0 Å². The molecular formula is C12H24N2O. The fourth-order valence-electron chi connectivity index (χ4n) is 3.16. The molecule has 0 spiro atoms. The van der Waals surface area contributed by atoms with E-state index >= 15 is 0 Å². The summed E-state index contributed by atoms with van der Waals surface area (Å²) in [4.78, 5) is 2.48. The van der Waals surface area contributed by atoms with Crippen molar-refractivity contribution in [3.63, 3.8) is 0 Å². The Balaban J connectivity index is 1.93. The number of rotatable bonds is 2. The fourth-order valence-corrected chi connectivity index (χ4v) is 3.16. The van der Waals surface area contributed by atoms with Gasteiger partial charge in [-0.3, -0.25) is 4.90 Å². The molecule has 1 aliphatic carbocycles. The van der Waals surface area contributed by atoms with Crippen LogP contribution in [0.5, 0.6) is 0 Å². The number of nitrogens with zero attached hydrogens (tertiary/aromatic N) is 1. The summed E-state index contributed by atoms with van der Waals surface area (Å²) in [5, 5.41) is 9.89. The second kappa shape index (κ2) is 4.81. The third-order valence-electron chi connectivity index (χ3n) is 4.26. The first-order valence-corrected chi connectivity index (χ1v) is 6.40. The molecule has 1 saturated carbocycles. The summed E-state index contributed by atoms with van der Waals surface area (Å²) in [6, 6.07) is 0.802. The highest BCUT2D eigenvalue weighted by Gasteiger charge is 2.35. The monoisotopic (exact) mass is 212 g/mol. The molecule has 3 heteroatoms. The van der Waals surface area contributed by atoms with Crippen LogP contribution in [0.1, 0.15) is 39.0 Å². The summed E-state index contributed by atoms with van der Waals surface area (Å²) in [5.41, 5.74) is 6.10. The molecule has 0 aromatic carbocycles. The first-order valence-electron chi connectivity index (χ1n) is 6.40. The molecule has 0 amide bonds. The van der Waals surface area contributed by atoms with Crippen LogP contribution in [0.15, 0.2) is 0 Å². The molecule has 0 aromatic heterocycles. The molecule has 4 atom stereocenters. The zero-order chi connectivity index (χ0) is 10.8. The van der Waals surface area contributed by atoms with Gasteiger partial charge in [0.05, 0.1) is 6.10 Å². The van der Waals surface area contributed by atoms with E-state index in [1.54, 1.807) is 0 Å². The molecule has 4 unspecified atom stereocenters. The molecule has 0 bridgehead atoms. The van der Waals surface area contributed by atoms with Crippen LogP contribution >= 0.6 is 0 Å². The zero-order valence-corrected chi connectivity index (χ0v) is 9.73. The van der Waals surface area contributed by atoms with Crippen molar-refractivity contribution in [2.24, 2.45) is 11.7 Å². The Bertz CT molecular complexity index is 210. The van der Waals surface area contributed by atoms with Crippen molar-refractivity contribution in [3.05, 3.63) is 0 Å². The molecule has 15 heavy (non-hydrogen) atoms. The van der Waals surface area contributed by atoms with E-state index in [4.69, 9.17) is 5.73 Å². The predicted octanol–water partition coefficient (Wildman–Crippen LogP) is 0.959. The minimum absolute atomic E-state index is 0.0863. The SMILES string of the molecule is CCC1CN(C2CCCC2O)CCC1N. The average molecular weight is 212 g/mol. The molecule has 3 N–H and O–H groups in total. The Hall–Kier alpha value is -0.120. The second-order valence-corrected chi connectivity index (χ2v) is 5.18. The molecule has 2 rings (SSSR count). The van der Waals surface area contributed by atoms with Gasteiger partial charge in [0.25, 0.3) is 0 Å². The second-order valence-electron chi connectivity index (χ2n) is 5.18. The van der Waals surface area contributed by atoms with E-state index in [0.29, 0.717) is 18.0 Å². The fraction of sp³-hybridized carbons (Fsp3) is 1.00. The number of likely N-dealkylation sites (tertiary alicyclic amines) is 1. The van der Waals surface area contributed by atoms with Crippen LogP contribution in [-0.2, 0) is 0 Å². The number of nitrogens with two attached hydrogens (primary N) is 1. The van der Waals surface area contributed by atoms with Crippen LogP contribution in [0.25, 0.3) is 0 Å². The summed E-state index contributed by atoms with van der Waals surface area (Å²) < 4.78 is 0. The normalized spacial score (nSPS) is 43.4. The number of piperidine rings is 1. The van der Waals surface area contributed by atoms with Gasteiger partial charge in [-0.1, -0.05) is 13.3 Å². The maximum absolute atomic E-state index is 9.89. The maximum atomic E-state index is 9.89. The Kier molecular flexibility index (Phi) is 3.65. The van der Waals surface area contributed by atoms with Crippen LogP contribution in [0, 0.1) is 5.92 Å². The summed E-state index contributed by atoms with van der Waals surface area (Å²) >= 11 is 0. The third-order valence-corrected chi connectivity index (χ3v) is 4.26. The Morgan fingerprint density at radius 3 is 2.73 bits per heavy atom. The lowest BCUT2D eigenvalue weighted by molar-refractivity contribution is 0.0367. The molecule has 0 aromatic rings. The molecule has 2 aliphatic rings. The van der Waals surface area contributed by atoms with Crippen LogP contribution in [0.3, 0.4) is 0 Å². The van der Waals surface area contributed by atoms with E-state index in [-0.39, 0.29) is 6.10 Å². The highest BCUT2D eigenvalue weighted by atomic mass is 16.3. The molecule has 2 fully saturated rings. The lowest BCUT2D eigenvalue weighted by Crippen LogP contribution is -2.52. The Labute approximate surface area is 92.6 Å². The van der Waals surface area contributed by atoms with Gasteiger partial charge < -0.3 is 10.8 Å². The van der Waals surface area contributed by atoms with Crippen molar-refractivity contribution in [3.8, 4) is 0 Å². The standard InChI is InChI=1S/C12H24N2O/c1-2-9-8-14(7-6-10(9)13)11-4-3-5-12(11)15/h9-12,15H,2-8,13H2,1H3. The van der Waals surface area contributed by atoms with Gasteiger partial charge in [-0.2, -0.15) is 0 Å². The maximum Gasteiger partial charge on any atom is 0.0695 e. The first-order chi connectivity index (χ1) is 7.22. The van der Waals surface area contributed by atoms with E-state index in [0.717, 1.165) is 25.9 Å². The van der Waals surface area contributed by atoms with Gasteiger partial charge >= 0.3 is 0 Å². The van der Waals surface area contributed by atoms with E-state index in [2.05, 4.69) is 11.8 Å². The van der Waals surface area contributed by atoms with E-state index in [1.807, 2.05) is 0 Å². The topological polar surface area (TPSA) is 49.5 Å². The summed E-state index contributed by atoms with van der Waals surface area (Å²) in [6.45, 7) is 4.40. The summed E-state index contributed by atoms with van der Waals surface area (Å²) in [7, 11) is 0. The van der Waals surface area contributed by atoms with E-state index in [9.17, 15) is 5.11 Å². The van der Waals surface area contributed by atoms with E-state index < -0.39 is 0 Å². The van der Waals surface area contributed by atoms with Crippen molar-refractivity contribution < 1.29 is 5.11 Å². The molecular weight excluding hydrogens is 188 g/mol. The first kappa shape index (κ1) is 11.4. The number of aliphatic hydroxyl groups excluding tert-OH is 1. The number of hydrogen-bond donors (Lipinski definition) is 2. The molecule has 0 radical (unpaired) electrons. The summed E-state index contributed by atoms with van der Waals surface area (Å²) in [6.07, 6.45) is 5.53. The van der Waals surface area contributed by atoms with E-state index in [1.165, 1.54) is 19.3 Å².